The maximum Gasteiger partial charge on any atom is 0.121 e. The Morgan fingerprint density at radius 3 is 2.55 bits per heavy atom. The Bertz CT molecular complexity index is 109. The molecule has 0 radical (unpaired) electrons. The van der Waals surface area contributed by atoms with E-state index in [0.29, 0.717) is 0 Å². The van der Waals surface area contributed by atoms with Crippen molar-refractivity contribution in [3.05, 3.63) is 0 Å². The van der Waals surface area contributed by atoms with Gasteiger partial charge in [0.2, 0.25) is 0 Å². The van der Waals surface area contributed by atoms with Crippen molar-refractivity contribution in [2.45, 2.75) is 52.2 Å². The van der Waals surface area contributed by atoms with Crippen LogP contribution in [0.5, 0.6) is 0 Å². The molecular weight excluding hydrogens is 131 g/mol. The van der Waals surface area contributed by atoms with E-state index in [9.17, 15) is 0 Å². The van der Waals surface area contributed by atoms with Gasteiger partial charge in [0.15, 0.2) is 0 Å². The van der Waals surface area contributed by atoms with Crippen LogP contribution in [-0.2, 0) is 0 Å². The van der Waals surface area contributed by atoms with Crippen LogP contribution in [0.3, 0.4) is 0 Å². The van der Waals surface area contributed by atoms with E-state index in [1.165, 1.54) is 33.0 Å². The molecule has 2 atom stereocenters. The molecule has 0 aromatic rings. The van der Waals surface area contributed by atoms with Crippen LogP contribution in [0.2, 0.25) is 12.6 Å². The Labute approximate surface area is 72.0 Å². The molecule has 1 aliphatic rings. The zero-order valence-corrected chi connectivity index (χ0v) is 8.27. The Morgan fingerprint density at radius 1 is 1.27 bits per heavy atom. The van der Waals surface area contributed by atoms with Crippen LogP contribution in [0, 0.1) is 11.8 Å². The van der Waals surface area contributed by atoms with Crippen LogP contribution in [0.1, 0.15) is 39.5 Å². The summed E-state index contributed by atoms with van der Waals surface area (Å²) in [7, 11) is 1.41. The predicted molar refractivity (Wildman–Crippen MR) is 53.6 cm³/mol. The average molecular weight is 152 g/mol. The zero-order valence-electron chi connectivity index (χ0n) is 8.27. The van der Waals surface area contributed by atoms with Crippen LogP contribution >= 0.6 is 0 Å². The normalized spacial score (nSPS) is 32.4. The average Bonchev–Trinajstić information content (AvgIpc) is 2.05. The van der Waals surface area contributed by atoms with Crippen molar-refractivity contribution in [1.29, 1.82) is 0 Å². The summed E-state index contributed by atoms with van der Waals surface area (Å²) >= 11 is 0. The lowest BCUT2D eigenvalue weighted by atomic mass is 9.58. The molecule has 0 N–H and O–H groups in total. The highest BCUT2D eigenvalue weighted by atomic mass is 14.2. The van der Waals surface area contributed by atoms with Crippen molar-refractivity contribution in [3.63, 3.8) is 0 Å². The smallest absolute Gasteiger partial charge is 0.0891 e. The van der Waals surface area contributed by atoms with Gasteiger partial charge in [-0.1, -0.05) is 52.2 Å². The number of rotatable bonds is 2. The summed E-state index contributed by atoms with van der Waals surface area (Å²) in [6.45, 7) is 7.10. The first-order valence-corrected chi connectivity index (χ1v) is 5.24. The molecule has 1 saturated carbocycles. The van der Waals surface area contributed by atoms with Crippen molar-refractivity contribution in [2.24, 2.45) is 11.8 Å². The van der Waals surface area contributed by atoms with Gasteiger partial charge >= 0.3 is 0 Å². The zero-order chi connectivity index (χ0) is 8.27. The van der Waals surface area contributed by atoms with Crippen LogP contribution < -0.4 is 0 Å². The molecule has 1 fully saturated rings. The van der Waals surface area contributed by atoms with Crippen molar-refractivity contribution < 1.29 is 0 Å². The summed E-state index contributed by atoms with van der Waals surface area (Å²) < 4.78 is 0. The van der Waals surface area contributed by atoms with Crippen LogP contribution in [0.15, 0.2) is 0 Å². The van der Waals surface area contributed by atoms with Crippen molar-refractivity contribution in [1.82, 2.24) is 0 Å². The molecular formula is C10H21B. The summed E-state index contributed by atoms with van der Waals surface area (Å²) in [6.07, 6.45) is 5.99. The van der Waals surface area contributed by atoms with E-state index < -0.39 is 0 Å². The molecule has 0 amide bonds. The van der Waals surface area contributed by atoms with Crippen molar-refractivity contribution in [3.8, 4) is 0 Å². The molecule has 0 heterocycles. The van der Waals surface area contributed by atoms with Gasteiger partial charge < -0.3 is 0 Å². The third-order valence-electron chi connectivity index (χ3n) is 3.34. The van der Waals surface area contributed by atoms with Gasteiger partial charge in [-0.2, -0.15) is 0 Å². The maximum atomic E-state index is 2.38. The Hall–Kier alpha value is 0.0649. The SMILES string of the molecule is CBC1CCCC(C(C)C)C1. The second kappa shape index (κ2) is 4.18. The minimum atomic E-state index is 0.921. The number of hydrogen-bond donors (Lipinski definition) is 0. The van der Waals surface area contributed by atoms with Gasteiger partial charge in [-0.05, 0) is 11.8 Å². The van der Waals surface area contributed by atoms with Gasteiger partial charge in [0, 0.05) is 0 Å². The van der Waals surface area contributed by atoms with Crippen LogP contribution in [-0.4, -0.2) is 7.28 Å². The van der Waals surface area contributed by atoms with E-state index in [1.54, 1.807) is 0 Å². The quantitative estimate of drug-likeness (QED) is 0.533. The monoisotopic (exact) mass is 152 g/mol. The molecule has 64 valence electrons. The summed E-state index contributed by atoms with van der Waals surface area (Å²) in [5, 5.41) is 0. The molecule has 1 rings (SSSR count). The molecule has 0 nitrogen and oxygen atoms in total. The Kier molecular flexibility index (Phi) is 3.48. The summed E-state index contributed by atoms with van der Waals surface area (Å²) in [4.78, 5) is 0. The molecule has 1 heteroatoms. The van der Waals surface area contributed by atoms with E-state index >= 15 is 0 Å². The fraction of sp³-hybridized carbons (Fsp3) is 1.00. The first-order chi connectivity index (χ1) is 5.24. The second-order valence-electron chi connectivity index (χ2n) is 4.44. The molecule has 0 aliphatic heterocycles. The standard InChI is InChI=1S/C10H21B/c1-8(2)9-5-4-6-10(7-9)11-3/h8-11H,4-7H2,1-3H3. The first kappa shape index (κ1) is 9.16. The van der Waals surface area contributed by atoms with Gasteiger partial charge in [0.05, 0.1) is 0 Å². The predicted octanol–water partition coefficient (Wildman–Crippen LogP) is 3.11. The third-order valence-corrected chi connectivity index (χ3v) is 3.34. The fourth-order valence-corrected chi connectivity index (χ4v) is 2.31. The van der Waals surface area contributed by atoms with Gasteiger partial charge in [-0.3, -0.25) is 0 Å². The lowest BCUT2D eigenvalue weighted by Crippen LogP contribution is -2.18. The minimum absolute atomic E-state index is 0.921. The molecule has 0 aromatic heterocycles. The first-order valence-electron chi connectivity index (χ1n) is 5.24. The molecule has 0 aromatic carbocycles. The lowest BCUT2D eigenvalue weighted by molar-refractivity contribution is 0.278. The van der Waals surface area contributed by atoms with Gasteiger partial charge in [0.1, 0.15) is 7.28 Å². The maximum absolute atomic E-state index is 2.38. The van der Waals surface area contributed by atoms with Crippen molar-refractivity contribution in [2.75, 3.05) is 0 Å². The lowest BCUT2D eigenvalue weighted by Gasteiger charge is -2.30. The summed E-state index contributed by atoms with van der Waals surface area (Å²) in [5.41, 5.74) is 0. The molecule has 0 spiro atoms. The van der Waals surface area contributed by atoms with Crippen LogP contribution in [0.4, 0.5) is 0 Å². The molecule has 11 heavy (non-hydrogen) atoms. The van der Waals surface area contributed by atoms with E-state index in [1.807, 2.05) is 0 Å². The van der Waals surface area contributed by atoms with Gasteiger partial charge in [-0.15, -0.1) is 0 Å². The van der Waals surface area contributed by atoms with Crippen LogP contribution in [0.25, 0.3) is 0 Å². The molecule has 2 unspecified atom stereocenters. The summed E-state index contributed by atoms with van der Waals surface area (Å²) in [5.74, 6) is 3.01. The Balaban J connectivity index is 2.33. The van der Waals surface area contributed by atoms with Crippen molar-refractivity contribution >= 4 is 7.28 Å². The highest BCUT2D eigenvalue weighted by Crippen LogP contribution is 2.36. The second-order valence-corrected chi connectivity index (χ2v) is 4.44. The minimum Gasteiger partial charge on any atom is -0.0891 e. The van der Waals surface area contributed by atoms with E-state index in [-0.39, 0.29) is 0 Å². The fourth-order valence-electron chi connectivity index (χ4n) is 2.31. The molecule has 1 aliphatic carbocycles. The largest absolute Gasteiger partial charge is 0.121 e. The van der Waals surface area contributed by atoms with E-state index in [4.69, 9.17) is 0 Å². The Morgan fingerprint density at radius 2 is 2.00 bits per heavy atom. The summed E-state index contributed by atoms with van der Waals surface area (Å²) in [6, 6.07) is 0. The highest BCUT2D eigenvalue weighted by molar-refractivity contribution is 6.35. The topological polar surface area (TPSA) is 0 Å². The molecule has 0 bridgehead atoms. The van der Waals surface area contributed by atoms with Gasteiger partial charge in [0.25, 0.3) is 0 Å². The number of hydrogen-bond acceptors (Lipinski definition) is 0. The third kappa shape index (κ3) is 2.54. The highest BCUT2D eigenvalue weighted by Gasteiger charge is 2.22. The molecule has 0 saturated heterocycles. The van der Waals surface area contributed by atoms with E-state index in [0.717, 1.165) is 17.7 Å². The van der Waals surface area contributed by atoms with Gasteiger partial charge in [-0.25, -0.2) is 0 Å². The van der Waals surface area contributed by atoms with E-state index in [2.05, 4.69) is 20.7 Å².